The Kier molecular flexibility index (Phi) is 4.80. The summed E-state index contributed by atoms with van der Waals surface area (Å²) in [5, 5.41) is 8.81. The lowest BCUT2D eigenvalue weighted by molar-refractivity contribution is -0.154. The van der Waals surface area contributed by atoms with Gasteiger partial charge in [0.25, 0.3) is 0 Å². The number of hydrogen-bond donors (Lipinski definition) is 0. The Bertz CT molecular complexity index is 640. The van der Waals surface area contributed by atoms with Gasteiger partial charge in [-0.2, -0.15) is 18.4 Å². The zero-order chi connectivity index (χ0) is 17.2. The molecule has 0 bridgehead atoms. The van der Waals surface area contributed by atoms with E-state index in [1.165, 1.54) is 17.0 Å². The zero-order valence-electron chi connectivity index (χ0n) is 12.6. The second kappa shape index (κ2) is 6.46. The summed E-state index contributed by atoms with van der Waals surface area (Å²) in [4.78, 5) is 13.2. The maximum absolute atomic E-state index is 13.0. The molecule has 2 rings (SSSR count). The van der Waals surface area contributed by atoms with Gasteiger partial charge >= 0.3 is 12.1 Å². The zero-order valence-corrected chi connectivity index (χ0v) is 12.6. The first-order valence-corrected chi connectivity index (χ1v) is 6.98. The van der Waals surface area contributed by atoms with Gasteiger partial charge in [0, 0.05) is 5.69 Å². The van der Waals surface area contributed by atoms with Crippen LogP contribution in [0.4, 0.5) is 18.9 Å². The predicted octanol–water partition coefficient (Wildman–Crippen LogP) is 2.69. The van der Waals surface area contributed by atoms with Crippen molar-refractivity contribution in [2.45, 2.75) is 32.4 Å². The number of halogens is 3. The fourth-order valence-corrected chi connectivity index (χ4v) is 2.40. The third-order valence-corrected chi connectivity index (χ3v) is 3.47. The van der Waals surface area contributed by atoms with Gasteiger partial charge in [-0.15, -0.1) is 0 Å². The van der Waals surface area contributed by atoms with Crippen LogP contribution in [0.3, 0.4) is 0 Å². The highest BCUT2D eigenvalue weighted by molar-refractivity contribution is 5.76. The molecule has 1 aliphatic heterocycles. The van der Waals surface area contributed by atoms with Gasteiger partial charge in [-0.1, -0.05) is 0 Å². The summed E-state index contributed by atoms with van der Waals surface area (Å²) >= 11 is 0. The number of anilines is 1. The highest BCUT2D eigenvalue weighted by Crippen LogP contribution is 2.35. The Morgan fingerprint density at radius 3 is 2.78 bits per heavy atom. The van der Waals surface area contributed by atoms with E-state index in [0.29, 0.717) is 0 Å². The molecule has 0 saturated carbocycles. The van der Waals surface area contributed by atoms with Gasteiger partial charge in [-0.3, -0.25) is 0 Å². The maximum Gasteiger partial charge on any atom is 0.417 e. The average Bonchev–Trinajstić information content (AvgIpc) is 2.88. The monoisotopic (exact) mass is 328 g/mol. The topological polar surface area (TPSA) is 62.6 Å². The molecule has 0 N–H and O–H groups in total. The molecule has 1 aromatic carbocycles. The first kappa shape index (κ1) is 17.1. The number of rotatable bonds is 3. The number of hydrogen-bond acceptors (Lipinski definition) is 5. The number of benzene rings is 1. The number of carbonyl (C=O) groups is 1. The maximum atomic E-state index is 13.0. The van der Waals surface area contributed by atoms with Crippen LogP contribution in [0, 0.1) is 11.3 Å². The molecule has 0 amide bonds. The molecule has 124 valence electrons. The first-order valence-electron chi connectivity index (χ1n) is 6.98. The van der Waals surface area contributed by atoms with E-state index >= 15 is 0 Å². The van der Waals surface area contributed by atoms with Crippen LogP contribution in [0.15, 0.2) is 18.2 Å². The molecule has 2 atom stereocenters. The molecule has 0 aromatic heterocycles. The number of carbonyl (C=O) groups excluding carboxylic acids is 1. The predicted molar refractivity (Wildman–Crippen MR) is 74.5 cm³/mol. The fraction of sp³-hybridized carbons (Fsp3) is 0.467. The molecule has 0 unspecified atom stereocenters. The van der Waals surface area contributed by atoms with Crippen molar-refractivity contribution in [3.05, 3.63) is 29.3 Å². The van der Waals surface area contributed by atoms with Crippen LogP contribution < -0.4 is 4.90 Å². The molecule has 1 fully saturated rings. The quantitative estimate of drug-likeness (QED) is 0.798. The van der Waals surface area contributed by atoms with E-state index in [1.54, 1.807) is 13.8 Å². The summed E-state index contributed by atoms with van der Waals surface area (Å²) < 4.78 is 49.4. The molecular weight excluding hydrogens is 313 g/mol. The van der Waals surface area contributed by atoms with Crippen molar-refractivity contribution in [2.24, 2.45) is 0 Å². The summed E-state index contributed by atoms with van der Waals surface area (Å²) in [5.74, 6) is -0.550. The van der Waals surface area contributed by atoms with Gasteiger partial charge in [0.1, 0.15) is 6.23 Å². The third-order valence-electron chi connectivity index (χ3n) is 3.47. The third kappa shape index (κ3) is 3.56. The summed E-state index contributed by atoms with van der Waals surface area (Å²) in [5.41, 5.74) is -1.23. The highest BCUT2D eigenvalue weighted by Gasteiger charge is 2.38. The molecule has 0 aliphatic carbocycles. The van der Waals surface area contributed by atoms with Crippen molar-refractivity contribution in [3.8, 4) is 6.07 Å². The van der Waals surface area contributed by atoms with Crippen molar-refractivity contribution < 1.29 is 27.4 Å². The van der Waals surface area contributed by atoms with E-state index < -0.39 is 35.6 Å². The lowest BCUT2D eigenvalue weighted by atomic mass is 10.1. The normalized spacial score (nSPS) is 21.1. The van der Waals surface area contributed by atoms with Crippen molar-refractivity contribution >= 4 is 11.7 Å². The minimum absolute atomic E-state index is 0.0865. The van der Waals surface area contributed by atoms with Gasteiger partial charge in [0.2, 0.25) is 0 Å². The minimum atomic E-state index is -4.63. The number of esters is 1. The van der Waals surface area contributed by atoms with Crippen LogP contribution in [0.25, 0.3) is 0 Å². The molecule has 0 spiro atoms. The van der Waals surface area contributed by atoms with E-state index in [4.69, 9.17) is 14.7 Å². The van der Waals surface area contributed by atoms with Crippen LogP contribution in [-0.4, -0.2) is 31.5 Å². The molecule has 5 nitrogen and oxygen atoms in total. The average molecular weight is 328 g/mol. The fourth-order valence-electron chi connectivity index (χ4n) is 2.40. The molecule has 0 radical (unpaired) electrons. The highest BCUT2D eigenvalue weighted by atomic mass is 19.4. The first-order chi connectivity index (χ1) is 10.8. The molecule has 23 heavy (non-hydrogen) atoms. The molecule has 1 saturated heterocycles. The van der Waals surface area contributed by atoms with E-state index in [-0.39, 0.29) is 18.8 Å². The second-order valence-corrected chi connectivity index (χ2v) is 4.97. The Hall–Kier alpha value is -2.27. The van der Waals surface area contributed by atoms with Gasteiger partial charge in [-0.25, -0.2) is 4.79 Å². The van der Waals surface area contributed by atoms with E-state index in [0.717, 1.165) is 12.1 Å². The van der Waals surface area contributed by atoms with Gasteiger partial charge in [0.05, 0.1) is 30.3 Å². The largest absolute Gasteiger partial charge is 0.464 e. The number of nitriles is 1. The lowest BCUT2D eigenvalue weighted by Gasteiger charge is -2.23. The Morgan fingerprint density at radius 2 is 2.22 bits per heavy atom. The van der Waals surface area contributed by atoms with Crippen LogP contribution in [0.5, 0.6) is 0 Å². The molecular formula is C15H15F3N2O3. The van der Waals surface area contributed by atoms with Crippen LogP contribution in [0.2, 0.25) is 0 Å². The van der Waals surface area contributed by atoms with Crippen LogP contribution in [-0.2, 0) is 20.4 Å². The Labute approximate surface area is 131 Å². The number of alkyl halides is 3. The van der Waals surface area contributed by atoms with Crippen LogP contribution in [0.1, 0.15) is 25.0 Å². The second-order valence-electron chi connectivity index (χ2n) is 4.97. The van der Waals surface area contributed by atoms with Crippen LogP contribution >= 0.6 is 0 Å². The standard InChI is InChI=1S/C15H15F3N2O3/c1-3-22-14(21)13-8-20(9(2)23-13)11-5-4-10(7-19)12(6-11)15(16,17)18/h4-6,9,13H,3,8H2,1-2H3/t9-,13+/m1/s1. The summed E-state index contributed by atoms with van der Waals surface area (Å²) in [6.07, 6.45) is -6.07. The Morgan fingerprint density at radius 1 is 1.52 bits per heavy atom. The van der Waals surface area contributed by atoms with Gasteiger partial charge in [0.15, 0.2) is 6.10 Å². The SMILES string of the molecule is CCOC(=O)[C@@H]1CN(c2ccc(C#N)c(C(F)(F)F)c2)[C@@H](C)O1. The van der Waals surface area contributed by atoms with Crippen molar-refractivity contribution in [2.75, 3.05) is 18.1 Å². The lowest BCUT2D eigenvalue weighted by Crippen LogP contribution is -2.30. The summed E-state index contributed by atoms with van der Waals surface area (Å²) in [6, 6.07) is 4.94. The molecule has 1 aliphatic rings. The van der Waals surface area contributed by atoms with Crippen molar-refractivity contribution in [1.29, 1.82) is 5.26 Å². The summed E-state index contributed by atoms with van der Waals surface area (Å²) in [6.45, 7) is 3.57. The number of nitrogens with zero attached hydrogens (tertiary/aromatic N) is 2. The van der Waals surface area contributed by atoms with E-state index in [1.807, 2.05) is 0 Å². The van der Waals surface area contributed by atoms with Crippen molar-refractivity contribution in [1.82, 2.24) is 0 Å². The summed E-state index contributed by atoms with van der Waals surface area (Å²) in [7, 11) is 0. The molecule has 1 aromatic rings. The van der Waals surface area contributed by atoms with Gasteiger partial charge < -0.3 is 14.4 Å². The minimum Gasteiger partial charge on any atom is -0.464 e. The van der Waals surface area contributed by atoms with Crippen molar-refractivity contribution in [3.63, 3.8) is 0 Å². The van der Waals surface area contributed by atoms with E-state index in [9.17, 15) is 18.0 Å². The van der Waals surface area contributed by atoms with Gasteiger partial charge in [-0.05, 0) is 32.0 Å². The molecule has 8 heteroatoms. The number of ether oxygens (including phenoxy) is 2. The van der Waals surface area contributed by atoms with E-state index in [2.05, 4.69) is 0 Å². The molecule has 1 heterocycles. The smallest absolute Gasteiger partial charge is 0.417 e. The Balaban J connectivity index is 2.29.